The number of fused-ring (bicyclic) bond motifs is 1. The fraction of sp³-hybridized carbons (Fsp3) is 0.250. The predicted octanol–water partition coefficient (Wildman–Crippen LogP) is 2.39. The minimum atomic E-state index is -4.60. The molecule has 21 heavy (non-hydrogen) atoms. The highest BCUT2D eigenvalue weighted by Gasteiger charge is 2.37. The Morgan fingerprint density at radius 3 is 2.76 bits per heavy atom. The number of hydrogen-bond acceptors (Lipinski definition) is 5. The molecule has 0 aliphatic heterocycles. The summed E-state index contributed by atoms with van der Waals surface area (Å²) in [7, 11) is 0. The molecular weight excluding hydrogens is 287 g/mol. The number of aromatic nitrogens is 4. The average molecular weight is 297 g/mol. The molecule has 0 amide bonds. The summed E-state index contributed by atoms with van der Waals surface area (Å²) in [5, 5.41) is 13.3. The first-order valence-electron chi connectivity index (χ1n) is 6.10. The van der Waals surface area contributed by atoms with E-state index in [1.807, 2.05) is 6.07 Å². The van der Waals surface area contributed by atoms with E-state index in [1.165, 1.54) is 6.07 Å². The quantitative estimate of drug-likeness (QED) is 0.801. The van der Waals surface area contributed by atoms with Crippen molar-refractivity contribution in [1.82, 2.24) is 19.8 Å². The van der Waals surface area contributed by atoms with Crippen LogP contribution in [0.4, 0.5) is 19.0 Å². The summed E-state index contributed by atoms with van der Waals surface area (Å²) in [5.74, 6) is -0.0598. The molecule has 0 radical (unpaired) electrons. The highest BCUT2D eigenvalue weighted by Crippen LogP contribution is 2.27. The SMILES string of the molecule is FC(F)(F)c1nnc2ccc(NCCc3ccco3)nn12. The molecule has 3 heterocycles. The molecule has 0 aliphatic carbocycles. The molecule has 9 heteroatoms. The first kappa shape index (κ1) is 13.4. The molecule has 0 unspecified atom stereocenters. The Morgan fingerprint density at radius 1 is 1.19 bits per heavy atom. The summed E-state index contributed by atoms with van der Waals surface area (Å²) in [6, 6.07) is 6.56. The molecule has 0 aliphatic rings. The number of halogens is 3. The van der Waals surface area contributed by atoms with Crippen molar-refractivity contribution in [2.75, 3.05) is 11.9 Å². The van der Waals surface area contributed by atoms with Gasteiger partial charge in [0.1, 0.15) is 11.6 Å². The lowest BCUT2D eigenvalue weighted by Crippen LogP contribution is -2.14. The van der Waals surface area contributed by atoms with Crippen molar-refractivity contribution in [3.05, 3.63) is 42.1 Å². The lowest BCUT2D eigenvalue weighted by Gasteiger charge is -2.06. The van der Waals surface area contributed by atoms with Crippen LogP contribution in [0.2, 0.25) is 0 Å². The Bertz CT molecular complexity index is 735. The number of nitrogens with one attached hydrogen (secondary N) is 1. The topological polar surface area (TPSA) is 68.2 Å². The molecule has 3 aromatic rings. The Balaban J connectivity index is 1.77. The van der Waals surface area contributed by atoms with Crippen LogP contribution in [-0.2, 0) is 12.6 Å². The highest BCUT2D eigenvalue weighted by molar-refractivity contribution is 5.44. The normalized spacial score (nSPS) is 12.0. The van der Waals surface area contributed by atoms with Gasteiger partial charge in [-0.25, -0.2) is 0 Å². The Morgan fingerprint density at radius 2 is 2.05 bits per heavy atom. The number of rotatable bonds is 4. The smallest absolute Gasteiger partial charge is 0.453 e. The summed E-state index contributed by atoms with van der Waals surface area (Å²) in [6.07, 6.45) is -2.44. The molecule has 1 N–H and O–H groups in total. The van der Waals surface area contributed by atoms with Crippen molar-refractivity contribution in [3.63, 3.8) is 0 Å². The first-order valence-corrected chi connectivity index (χ1v) is 6.10. The van der Waals surface area contributed by atoms with Crippen molar-refractivity contribution < 1.29 is 17.6 Å². The number of anilines is 1. The molecule has 3 rings (SSSR count). The summed E-state index contributed by atoms with van der Waals surface area (Å²) in [5.41, 5.74) is 0.0407. The maximum absolute atomic E-state index is 12.7. The van der Waals surface area contributed by atoms with Crippen molar-refractivity contribution in [2.45, 2.75) is 12.6 Å². The van der Waals surface area contributed by atoms with Gasteiger partial charge in [-0.1, -0.05) is 0 Å². The van der Waals surface area contributed by atoms with Crippen molar-refractivity contribution in [2.24, 2.45) is 0 Å². The fourth-order valence-electron chi connectivity index (χ4n) is 1.83. The van der Waals surface area contributed by atoms with E-state index >= 15 is 0 Å². The molecule has 110 valence electrons. The van der Waals surface area contributed by atoms with Crippen molar-refractivity contribution in [1.29, 1.82) is 0 Å². The Hall–Kier alpha value is -2.58. The second-order valence-electron chi connectivity index (χ2n) is 4.27. The molecular formula is C12H10F3N5O. The predicted molar refractivity (Wildman–Crippen MR) is 66.7 cm³/mol. The summed E-state index contributed by atoms with van der Waals surface area (Å²) in [4.78, 5) is 0. The van der Waals surface area contributed by atoms with Gasteiger partial charge in [-0.15, -0.1) is 15.3 Å². The van der Waals surface area contributed by atoms with E-state index in [9.17, 15) is 13.2 Å². The molecule has 6 nitrogen and oxygen atoms in total. The van der Waals surface area contributed by atoms with E-state index in [0.717, 1.165) is 5.76 Å². The van der Waals surface area contributed by atoms with Crippen LogP contribution in [0.3, 0.4) is 0 Å². The van der Waals surface area contributed by atoms with Gasteiger partial charge in [0, 0.05) is 13.0 Å². The lowest BCUT2D eigenvalue weighted by molar-refractivity contribution is -0.146. The van der Waals surface area contributed by atoms with Gasteiger partial charge < -0.3 is 9.73 Å². The molecule has 0 bridgehead atoms. The Kier molecular flexibility index (Phi) is 3.24. The zero-order valence-corrected chi connectivity index (χ0v) is 10.6. The number of furan rings is 1. The van der Waals surface area contributed by atoms with Crippen LogP contribution >= 0.6 is 0 Å². The van der Waals surface area contributed by atoms with Gasteiger partial charge in [-0.2, -0.15) is 17.7 Å². The lowest BCUT2D eigenvalue weighted by atomic mass is 10.3. The molecule has 0 saturated carbocycles. The van der Waals surface area contributed by atoms with Crippen LogP contribution in [0.5, 0.6) is 0 Å². The number of alkyl halides is 3. The standard InChI is InChI=1S/C12H10F3N5O/c13-12(14,15)11-18-17-10-4-3-9(19-20(10)11)16-6-5-8-2-1-7-21-8/h1-4,7H,5-6H2,(H,16,19). The van der Waals surface area contributed by atoms with Gasteiger partial charge in [0.2, 0.25) is 0 Å². The van der Waals surface area contributed by atoms with Crippen LogP contribution < -0.4 is 5.32 Å². The van der Waals surface area contributed by atoms with Gasteiger partial charge >= 0.3 is 6.18 Å². The van der Waals surface area contributed by atoms with Crippen molar-refractivity contribution in [3.8, 4) is 0 Å². The van der Waals surface area contributed by atoms with E-state index in [1.54, 1.807) is 18.4 Å². The second kappa shape index (κ2) is 5.08. The van der Waals surface area contributed by atoms with E-state index < -0.39 is 12.0 Å². The van der Waals surface area contributed by atoms with Gasteiger partial charge in [0.15, 0.2) is 5.65 Å². The second-order valence-corrected chi connectivity index (χ2v) is 4.27. The van der Waals surface area contributed by atoms with Gasteiger partial charge in [0.25, 0.3) is 5.82 Å². The minimum Gasteiger partial charge on any atom is -0.469 e. The zero-order chi connectivity index (χ0) is 14.9. The van der Waals surface area contributed by atoms with Gasteiger partial charge in [-0.3, -0.25) is 0 Å². The van der Waals surface area contributed by atoms with E-state index in [2.05, 4.69) is 20.6 Å². The monoisotopic (exact) mass is 297 g/mol. The third-order valence-electron chi connectivity index (χ3n) is 2.77. The molecule has 0 spiro atoms. The van der Waals surface area contributed by atoms with Crippen LogP contribution in [0.25, 0.3) is 5.65 Å². The van der Waals surface area contributed by atoms with Gasteiger partial charge in [0.05, 0.1) is 6.26 Å². The molecule has 0 saturated heterocycles. The maximum Gasteiger partial charge on any atom is 0.453 e. The summed E-state index contributed by atoms with van der Waals surface area (Å²) < 4.78 is 44.0. The number of nitrogens with zero attached hydrogens (tertiary/aromatic N) is 4. The van der Waals surface area contributed by atoms with Crippen LogP contribution in [0.15, 0.2) is 34.9 Å². The fourth-order valence-corrected chi connectivity index (χ4v) is 1.83. The van der Waals surface area contributed by atoms with Crippen LogP contribution in [0.1, 0.15) is 11.6 Å². The van der Waals surface area contributed by atoms with E-state index in [0.29, 0.717) is 23.3 Å². The average Bonchev–Trinajstić information content (AvgIpc) is 3.05. The third kappa shape index (κ3) is 2.81. The maximum atomic E-state index is 12.7. The largest absolute Gasteiger partial charge is 0.469 e. The van der Waals surface area contributed by atoms with Crippen LogP contribution in [-0.4, -0.2) is 26.4 Å². The van der Waals surface area contributed by atoms with Crippen LogP contribution in [0, 0.1) is 0 Å². The molecule has 0 fully saturated rings. The summed E-state index contributed by atoms with van der Waals surface area (Å²) >= 11 is 0. The molecule has 3 aromatic heterocycles. The summed E-state index contributed by atoms with van der Waals surface area (Å²) in [6.45, 7) is 0.482. The van der Waals surface area contributed by atoms with Gasteiger partial charge in [-0.05, 0) is 24.3 Å². The zero-order valence-electron chi connectivity index (χ0n) is 10.6. The highest BCUT2D eigenvalue weighted by atomic mass is 19.4. The van der Waals surface area contributed by atoms with Crippen molar-refractivity contribution >= 4 is 11.5 Å². The molecule has 0 atom stereocenters. The third-order valence-corrected chi connectivity index (χ3v) is 2.77. The first-order chi connectivity index (χ1) is 10.0. The van der Waals surface area contributed by atoms with E-state index in [-0.39, 0.29) is 5.65 Å². The number of hydrogen-bond donors (Lipinski definition) is 1. The minimum absolute atomic E-state index is 0.0407. The molecule has 0 aromatic carbocycles. The Labute approximate surface area is 116 Å². The van der Waals surface area contributed by atoms with E-state index in [4.69, 9.17) is 4.42 Å².